The monoisotopic (exact) mass is 278 g/mol. The van der Waals surface area contributed by atoms with Gasteiger partial charge in [-0.1, -0.05) is 11.6 Å². The van der Waals surface area contributed by atoms with Crippen LogP contribution in [0.4, 0.5) is 0 Å². The highest BCUT2D eigenvalue weighted by Crippen LogP contribution is 2.33. The van der Waals surface area contributed by atoms with Gasteiger partial charge in [0.15, 0.2) is 0 Å². The first kappa shape index (κ1) is 14.2. The first-order valence-electron chi connectivity index (χ1n) is 6.67. The molecule has 102 valence electrons. The predicted octanol–water partition coefficient (Wildman–Crippen LogP) is 3.40. The molecule has 0 saturated heterocycles. The zero-order chi connectivity index (χ0) is 13.8. The van der Waals surface area contributed by atoms with Gasteiger partial charge in [0.1, 0.15) is 5.75 Å². The number of rotatable bonds is 5. The second-order valence-electron chi connectivity index (χ2n) is 5.12. The fourth-order valence-corrected chi connectivity index (χ4v) is 2.66. The van der Waals surface area contributed by atoms with Crippen LogP contribution in [-0.2, 0) is 13.0 Å². The van der Waals surface area contributed by atoms with Gasteiger partial charge in [0.25, 0.3) is 0 Å². The van der Waals surface area contributed by atoms with Crippen LogP contribution in [-0.4, -0.2) is 24.1 Å². The Morgan fingerprint density at radius 2 is 2.26 bits per heavy atom. The highest BCUT2D eigenvalue weighted by Gasteiger charge is 2.20. The zero-order valence-corrected chi connectivity index (χ0v) is 12.2. The Balaban J connectivity index is 2.19. The Hall–Kier alpha value is -1.24. The lowest BCUT2D eigenvalue weighted by Gasteiger charge is -2.26. The molecular weight excluding hydrogens is 260 g/mol. The second kappa shape index (κ2) is 6.27. The van der Waals surface area contributed by atoms with Crippen LogP contribution in [0, 0.1) is 11.3 Å². The van der Waals surface area contributed by atoms with E-state index in [9.17, 15) is 0 Å². The van der Waals surface area contributed by atoms with E-state index in [-0.39, 0.29) is 0 Å². The van der Waals surface area contributed by atoms with Crippen LogP contribution < -0.4 is 4.74 Å². The Labute approximate surface area is 119 Å². The number of nitriles is 1. The number of benzene rings is 1. The molecule has 0 unspecified atom stereocenters. The van der Waals surface area contributed by atoms with E-state index in [1.165, 1.54) is 5.56 Å². The number of hydrogen-bond donors (Lipinski definition) is 0. The summed E-state index contributed by atoms with van der Waals surface area (Å²) in [6.07, 6.45) is 1.48. The van der Waals surface area contributed by atoms with E-state index in [4.69, 9.17) is 21.6 Å². The lowest BCUT2D eigenvalue weighted by molar-refractivity contribution is 0.214. The van der Waals surface area contributed by atoms with Crippen LogP contribution in [0.25, 0.3) is 0 Å². The molecule has 1 aliphatic heterocycles. The highest BCUT2D eigenvalue weighted by atomic mass is 35.5. The molecule has 1 aliphatic rings. The van der Waals surface area contributed by atoms with Gasteiger partial charge >= 0.3 is 0 Å². The third-order valence-electron chi connectivity index (χ3n) is 3.44. The first-order chi connectivity index (χ1) is 9.11. The number of nitrogens with zero attached hydrogens (tertiary/aromatic N) is 2. The van der Waals surface area contributed by atoms with Gasteiger partial charge in [0.05, 0.1) is 12.7 Å². The molecule has 0 N–H and O–H groups in total. The van der Waals surface area contributed by atoms with Crippen LogP contribution in [0.15, 0.2) is 12.1 Å². The predicted molar refractivity (Wildman–Crippen MR) is 76.4 cm³/mol. The minimum absolute atomic E-state index is 0.393. The smallest absolute Gasteiger partial charge is 0.127 e. The Morgan fingerprint density at radius 1 is 1.47 bits per heavy atom. The third-order valence-corrected chi connectivity index (χ3v) is 3.66. The lowest BCUT2D eigenvalue weighted by Crippen LogP contribution is -2.31. The van der Waals surface area contributed by atoms with E-state index in [1.54, 1.807) is 0 Å². The van der Waals surface area contributed by atoms with Crippen LogP contribution in [0.3, 0.4) is 0 Å². The number of hydrogen-bond acceptors (Lipinski definition) is 3. The van der Waals surface area contributed by atoms with Crippen LogP contribution >= 0.6 is 11.6 Å². The maximum absolute atomic E-state index is 8.74. The molecule has 0 aromatic heterocycles. The third kappa shape index (κ3) is 3.40. The maximum Gasteiger partial charge on any atom is 0.127 e. The molecule has 19 heavy (non-hydrogen) atoms. The van der Waals surface area contributed by atoms with Crippen molar-refractivity contribution in [2.45, 2.75) is 39.3 Å². The lowest BCUT2D eigenvalue weighted by atomic mass is 10.1. The van der Waals surface area contributed by atoms with Gasteiger partial charge in [0, 0.05) is 42.6 Å². The minimum atomic E-state index is 0.393. The van der Waals surface area contributed by atoms with E-state index in [0.717, 1.165) is 42.5 Å². The van der Waals surface area contributed by atoms with Gasteiger partial charge in [-0.05, 0) is 31.5 Å². The average Bonchev–Trinajstić information content (AvgIpc) is 2.81. The molecule has 1 heterocycles. The van der Waals surface area contributed by atoms with Gasteiger partial charge in [0.2, 0.25) is 0 Å². The number of fused-ring (bicyclic) bond motifs is 1. The largest absolute Gasteiger partial charge is 0.493 e. The Morgan fingerprint density at radius 3 is 2.95 bits per heavy atom. The van der Waals surface area contributed by atoms with Crippen molar-refractivity contribution in [2.75, 3.05) is 13.2 Å². The second-order valence-corrected chi connectivity index (χ2v) is 5.56. The molecule has 1 aromatic carbocycles. The van der Waals surface area contributed by atoms with Crippen molar-refractivity contribution in [3.8, 4) is 11.8 Å². The van der Waals surface area contributed by atoms with Crippen molar-refractivity contribution in [1.29, 1.82) is 5.26 Å². The van der Waals surface area contributed by atoms with E-state index in [1.807, 2.05) is 12.1 Å². The summed E-state index contributed by atoms with van der Waals surface area (Å²) in [5, 5.41) is 9.51. The first-order valence-corrected chi connectivity index (χ1v) is 7.04. The van der Waals surface area contributed by atoms with E-state index in [2.05, 4.69) is 24.8 Å². The summed E-state index contributed by atoms with van der Waals surface area (Å²) >= 11 is 6.17. The summed E-state index contributed by atoms with van der Waals surface area (Å²) in [4.78, 5) is 2.27. The van der Waals surface area contributed by atoms with E-state index < -0.39 is 0 Å². The summed E-state index contributed by atoms with van der Waals surface area (Å²) in [5.74, 6) is 0.993. The van der Waals surface area contributed by atoms with Crippen molar-refractivity contribution >= 4 is 11.6 Å². The zero-order valence-electron chi connectivity index (χ0n) is 11.4. The Kier molecular flexibility index (Phi) is 4.68. The summed E-state index contributed by atoms with van der Waals surface area (Å²) in [6.45, 7) is 6.58. The fourth-order valence-electron chi connectivity index (χ4n) is 2.40. The maximum atomic E-state index is 8.74. The minimum Gasteiger partial charge on any atom is -0.493 e. The molecule has 0 radical (unpaired) electrons. The molecule has 3 nitrogen and oxygen atoms in total. The quantitative estimate of drug-likeness (QED) is 0.828. The summed E-state index contributed by atoms with van der Waals surface area (Å²) < 4.78 is 5.72. The van der Waals surface area contributed by atoms with Crippen molar-refractivity contribution < 1.29 is 4.74 Å². The van der Waals surface area contributed by atoms with Gasteiger partial charge in [-0.2, -0.15) is 5.26 Å². The van der Waals surface area contributed by atoms with Crippen LogP contribution in [0.2, 0.25) is 5.02 Å². The van der Waals surface area contributed by atoms with Crippen molar-refractivity contribution in [3.05, 3.63) is 28.3 Å². The number of ether oxygens (including phenoxy) is 1. The van der Waals surface area contributed by atoms with Gasteiger partial charge in [-0.25, -0.2) is 0 Å². The molecule has 4 heteroatoms. The fraction of sp³-hybridized carbons (Fsp3) is 0.533. The highest BCUT2D eigenvalue weighted by molar-refractivity contribution is 6.30. The molecule has 0 fully saturated rings. The molecule has 0 spiro atoms. The van der Waals surface area contributed by atoms with Crippen molar-refractivity contribution in [3.63, 3.8) is 0 Å². The van der Waals surface area contributed by atoms with Gasteiger partial charge in [-0.3, -0.25) is 4.90 Å². The van der Waals surface area contributed by atoms with Crippen LogP contribution in [0.5, 0.6) is 5.75 Å². The van der Waals surface area contributed by atoms with E-state index in [0.29, 0.717) is 12.5 Å². The topological polar surface area (TPSA) is 36.3 Å². The van der Waals surface area contributed by atoms with Gasteiger partial charge < -0.3 is 4.74 Å². The molecule has 1 aromatic rings. The SMILES string of the molecule is CC(C)N(CCC#N)Cc1cc(Cl)cc2c1OCC2. The standard InChI is InChI=1S/C15H19ClN2O/c1-11(2)18(6-3-5-17)10-13-9-14(16)8-12-4-7-19-15(12)13/h8-9,11H,3-4,6-7,10H2,1-2H3. The summed E-state index contributed by atoms with van der Waals surface area (Å²) in [7, 11) is 0. The van der Waals surface area contributed by atoms with Crippen molar-refractivity contribution in [1.82, 2.24) is 4.90 Å². The molecule has 0 amide bonds. The van der Waals surface area contributed by atoms with E-state index >= 15 is 0 Å². The summed E-state index contributed by atoms with van der Waals surface area (Å²) in [6, 6.07) is 6.56. The van der Waals surface area contributed by atoms with Crippen LogP contribution in [0.1, 0.15) is 31.4 Å². The molecule has 0 saturated carbocycles. The molecule has 0 aliphatic carbocycles. The molecular formula is C15H19ClN2O. The van der Waals surface area contributed by atoms with Gasteiger partial charge in [-0.15, -0.1) is 0 Å². The molecule has 0 atom stereocenters. The average molecular weight is 279 g/mol. The molecule has 0 bridgehead atoms. The number of halogens is 1. The van der Waals surface area contributed by atoms with Crippen molar-refractivity contribution in [2.24, 2.45) is 0 Å². The Bertz CT molecular complexity index is 494. The molecule has 2 rings (SSSR count). The summed E-state index contributed by atoms with van der Waals surface area (Å²) in [5.41, 5.74) is 2.33. The normalized spacial score (nSPS) is 13.5.